The van der Waals surface area contributed by atoms with E-state index in [0.29, 0.717) is 5.56 Å². The third kappa shape index (κ3) is 4.58. The maximum Gasteiger partial charge on any atom is 0.412 e. The summed E-state index contributed by atoms with van der Waals surface area (Å²) in [5.74, 6) is -0.0545. The molecule has 0 aliphatic carbocycles. The van der Waals surface area contributed by atoms with Crippen molar-refractivity contribution >= 4 is 29.5 Å². The number of aromatic nitrogens is 1. The van der Waals surface area contributed by atoms with Gasteiger partial charge in [-0.2, -0.15) is 0 Å². The van der Waals surface area contributed by atoms with Gasteiger partial charge in [-0.3, -0.25) is 5.32 Å². The number of pyridine rings is 1. The number of ether oxygens (including phenoxy) is 2. The van der Waals surface area contributed by atoms with Crippen LogP contribution in [-0.4, -0.2) is 36.1 Å². The average molecular weight is 273 g/mol. The predicted octanol–water partition coefficient (Wildman–Crippen LogP) is 2.05. The third-order valence-corrected chi connectivity index (χ3v) is 1.97. The Morgan fingerprint density at radius 3 is 2.89 bits per heavy atom. The lowest BCUT2D eigenvalue weighted by atomic mass is 10.2. The van der Waals surface area contributed by atoms with Gasteiger partial charge in [-0.15, -0.1) is 11.6 Å². The van der Waals surface area contributed by atoms with Crippen molar-refractivity contribution in [2.24, 2.45) is 0 Å². The van der Waals surface area contributed by atoms with Crippen molar-refractivity contribution in [2.45, 2.75) is 6.92 Å². The fourth-order valence-electron chi connectivity index (χ4n) is 1.11. The molecule has 0 saturated heterocycles. The van der Waals surface area contributed by atoms with Crippen LogP contribution in [0.3, 0.4) is 0 Å². The van der Waals surface area contributed by atoms with E-state index < -0.39 is 12.1 Å². The molecule has 0 aromatic carbocycles. The van der Waals surface area contributed by atoms with Gasteiger partial charge >= 0.3 is 12.1 Å². The molecule has 6 nitrogen and oxygen atoms in total. The van der Waals surface area contributed by atoms with Crippen LogP contribution in [-0.2, 0) is 9.47 Å². The zero-order valence-electron chi connectivity index (χ0n) is 9.81. The lowest BCUT2D eigenvalue weighted by Gasteiger charge is -2.06. The monoisotopic (exact) mass is 272 g/mol. The molecule has 0 atom stereocenters. The van der Waals surface area contributed by atoms with Crippen molar-refractivity contribution in [3.8, 4) is 0 Å². The Labute approximate surface area is 109 Å². The minimum Gasteiger partial charge on any atom is -0.462 e. The average Bonchev–Trinajstić information content (AvgIpc) is 2.37. The number of halogens is 1. The molecule has 0 unspecified atom stereocenters. The van der Waals surface area contributed by atoms with Crippen molar-refractivity contribution in [2.75, 3.05) is 24.4 Å². The molecule has 0 saturated carbocycles. The van der Waals surface area contributed by atoms with E-state index in [1.54, 1.807) is 6.92 Å². The Bertz CT molecular complexity index is 425. The van der Waals surface area contributed by atoms with Crippen molar-refractivity contribution in [3.63, 3.8) is 0 Å². The molecule has 1 aromatic heterocycles. The summed E-state index contributed by atoms with van der Waals surface area (Å²) in [6.07, 6.45) is 0.716. The predicted molar refractivity (Wildman–Crippen MR) is 65.9 cm³/mol. The first-order valence-corrected chi connectivity index (χ1v) is 5.83. The molecule has 1 heterocycles. The van der Waals surface area contributed by atoms with Crippen molar-refractivity contribution in [1.29, 1.82) is 0 Å². The summed E-state index contributed by atoms with van der Waals surface area (Å²) < 4.78 is 9.53. The lowest BCUT2D eigenvalue weighted by Crippen LogP contribution is -2.16. The molecule has 98 valence electrons. The van der Waals surface area contributed by atoms with Crippen molar-refractivity contribution in [3.05, 3.63) is 23.9 Å². The van der Waals surface area contributed by atoms with Gasteiger partial charge < -0.3 is 9.47 Å². The summed E-state index contributed by atoms with van der Waals surface area (Å²) in [7, 11) is 0. The van der Waals surface area contributed by atoms with Gasteiger partial charge in [0.1, 0.15) is 12.4 Å². The van der Waals surface area contributed by atoms with Crippen LogP contribution >= 0.6 is 11.6 Å². The van der Waals surface area contributed by atoms with Crippen molar-refractivity contribution < 1.29 is 19.1 Å². The SMILES string of the molecule is CCOC(=O)c1ccnc(NC(=O)OCCCl)c1. The number of amides is 1. The molecule has 0 bridgehead atoms. The summed E-state index contributed by atoms with van der Waals surface area (Å²) in [6.45, 7) is 2.09. The van der Waals surface area contributed by atoms with E-state index in [1.807, 2.05) is 0 Å². The highest BCUT2D eigenvalue weighted by atomic mass is 35.5. The Hall–Kier alpha value is -1.82. The van der Waals surface area contributed by atoms with Crippen LogP contribution in [0.2, 0.25) is 0 Å². The summed E-state index contributed by atoms with van der Waals surface area (Å²) in [5.41, 5.74) is 0.305. The van der Waals surface area contributed by atoms with E-state index in [9.17, 15) is 9.59 Å². The van der Waals surface area contributed by atoms with Crippen LogP contribution in [0.1, 0.15) is 17.3 Å². The largest absolute Gasteiger partial charge is 0.462 e. The van der Waals surface area contributed by atoms with Gasteiger partial charge in [0.05, 0.1) is 18.1 Å². The second-order valence-corrected chi connectivity index (χ2v) is 3.48. The zero-order valence-corrected chi connectivity index (χ0v) is 10.6. The number of nitrogens with one attached hydrogen (secondary N) is 1. The van der Waals surface area contributed by atoms with E-state index in [-0.39, 0.29) is 24.9 Å². The molecule has 1 rings (SSSR count). The topological polar surface area (TPSA) is 77.5 Å². The van der Waals surface area contributed by atoms with E-state index in [1.165, 1.54) is 18.3 Å². The normalized spacial score (nSPS) is 9.67. The molecule has 0 radical (unpaired) electrons. The molecular weight excluding hydrogens is 260 g/mol. The molecule has 0 aliphatic heterocycles. The van der Waals surface area contributed by atoms with Crippen LogP contribution in [0.5, 0.6) is 0 Å². The number of nitrogens with zero attached hydrogens (tertiary/aromatic N) is 1. The zero-order chi connectivity index (χ0) is 13.4. The van der Waals surface area contributed by atoms with E-state index in [0.717, 1.165) is 0 Å². The van der Waals surface area contributed by atoms with Crippen LogP contribution in [0.15, 0.2) is 18.3 Å². The number of carbonyl (C=O) groups is 2. The number of carbonyl (C=O) groups excluding carboxylic acids is 2. The Morgan fingerprint density at radius 1 is 1.44 bits per heavy atom. The fourth-order valence-corrected chi connectivity index (χ4v) is 1.19. The van der Waals surface area contributed by atoms with Gasteiger partial charge in [0.2, 0.25) is 0 Å². The fraction of sp³-hybridized carbons (Fsp3) is 0.364. The highest BCUT2D eigenvalue weighted by molar-refractivity contribution is 6.18. The van der Waals surface area contributed by atoms with Crippen LogP contribution in [0.4, 0.5) is 10.6 Å². The van der Waals surface area contributed by atoms with Crippen LogP contribution in [0.25, 0.3) is 0 Å². The van der Waals surface area contributed by atoms with Gasteiger partial charge in [-0.05, 0) is 19.1 Å². The molecule has 0 aliphatic rings. The van der Waals surface area contributed by atoms with Gasteiger partial charge in [-0.1, -0.05) is 0 Å². The van der Waals surface area contributed by atoms with Crippen LogP contribution in [0, 0.1) is 0 Å². The summed E-state index contributed by atoms with van der Waals surface area (Å²) in [4.78, 5) is 26.6. The number of hydrogen-bond donors (Lipinski definition) is 1. The van der Waals surface area contributed by atoms with Gasteiger partial charge in [-0.25, -0.2) is 14.6 Å². The number of esters is 1. The number of anilines is 1. The molecule has 18 heavy (non-hydrogen) atoms. The Kier molecular flexibility index (Phi) is 5.93. The highest BCUT2D eigenvalue weighted by Gasteiger charge is 2.09. The molecular formula is C11H13ClN2O4. The second-order valence-electron chi connectivity index (χ2n) is 3.10. The Morgan fingerprint density at radius 2 is 2.22 bits per heavy atom. The van der Waals surface area contributed by atoms with Gasteiger partial charge in [0, 0.05) is 6.20 Å². The van der Waals surface area contributed by atoms with E-state index in [2.05, 4.69) is 10.3 Å². The minimum atomic E-state index is -0.677. The minimum absolute atomic E-state index is 0.102. The lowest BCUT2D eigenvalue weighted by molar-refractivity contribution is 0.0526. The second kappa shape index (κ2) is 7.50. The van der Waals surface area contributed by atoms with Gasteiger partial charge in [0.15, 0.2) is 0 Å². The van der Waals surface area contributed by atoms with Gasteiger partial charge in [0.25, 0.3) is 0 Å². The maximum atomic E-state index is 11.4. The van der Waals surface area contributed by atoms with E-state index >= 15 is 0 Å². The maximum absolute atomic E-state index is 11.4. The number of hydrogen-bond acceptors (Lipinski definition) is 5. The molecule has 1 amide bonds. The summed E-state index contributed by atoms with van der Waals surface area (Å²) >= 11 is 5.37. The quantitative estimate of drug-likeness (QED) is 0.656. The third-order valence-electron chi connectivity index (χ3n) is 1.81. The highest BCUT2D eigenvalue weighted by Crippen LogP contribution is 2.08. The molecule has 1 N–H and O–H groups in total. The number of rotatable bonds is 5. The first kappa shape index (κ1) is 14.2. The summed E-state index contributed by atoms with van der Waals surface area (Å²) in [5, 5.41) is 2.38. The molecule has 7 heteroatoms. The Balaban J connectivity index is 2.64. The summed E-state index contributed by atoms with van der Waals surface area (Å²) in [6, 6.07) is 2.90. The first-order chi connectivity index (χ1) is 8.67. The smallest absolute Gasteiger partial charge is 0.412 e. The standard InChI is InChI=1S/C11H13ClN2O4/c1-2-17-10(15)8-3-5-13-9(7-8)14-11(16)18-6-4-12/h3,5,7H,2,4,6H2,1H3,(H,13,14,16). The van der Waals surface area contributed by atoms with E-state index in [4.69, 9.17) is 21.1 Å². The number of alkyl halides is 1. The first-order valence-electron chi connectivity index (χ1n) is 5.30. The molecule has 0 spiro atoms. The van der Waals surface area contributed by atoms with Crippen molar-refractivity contribution in [1.82, 2.24) is 4.98 Å². The molecule has 1 aromatic rings. The van der Waals surface area contributed by atoms with Crippen LogP contribution < -0.4 is 5.32 Å². The molecule has 0 fully saturated rings.